The van der Waals surface area contributed by atoms with Crippen LogP contribution in [0.1, 0.15) is 0 Å². The molecule has 2 aromatic heterocycles. The molecule has 0 N–H and O–H groups in total. The average Bonchev–Trinajstić information content (AvgIpc) is 1.50. The summed E-state index contributed by atoms with van der Waals surface area (Å²) >= 11 is 0. The smallest absolute Gasteiger partial charge is 0.143 e. The lowest BCUT2D eigenvalue weighted by molar-refractivity contribution is 0.672. The van der Waals surface area contributed by atoms with Crippen molar-refractivity contribution in [3.05, 3.63) is 413 Å². The third kappa shape index (κ3) is 11.1. The van der Waals surface area contributed by atoms with Gasteiger partial charge in [-0.05, 0) is 208 Å². The largest absolute Gasteiger partial charge is 0.455 e. The molecule has 4 heteroatoms. The summed E-state index contributed by atoms with van der Waals surface area (Å²) in [5.74, 6) is 0. The first-order valence-corrected chi connectivity index (χ1v) is 37.7. The number of hydrogen-bond donors (Lipinski definition) is 0. The van der Waals surface area contributed by atoms with Crippen molar-refractivity contribution in [2.45, 2.75) is 0 Å². The Morgan fingerprint density at radius 3 is 1.25 bits per heavy atom. The molecule has 0 fully saturated rings. The zero-order valence-corrected chi connectivity index (χ0v) is 60.0. The lowest BCUT2D eigenvalue weighted by Crippen LogP contribution is -2.12. The van der Waals surface area contributed by atoms with Gasteiger partial charge in [0.2, 0.25) is 0 Å². The van der Waals surface area contributed by atoms with E-state index in [1.807, 2.05) is 0 Å². The number of rotatable bonds is 14. The Morgan fingerprint density at radius 1 is 0.164 bits per heavy atom. The van der Waals surface area contributed by atoms with E-state index in [-0.39, 0.29) is 0 Å². The van der Waals surface area contributed by atoms with Crippen LogP contribution in [0.4, 0.5) is 34.1 Å². The molecule has 21 aromatic rings. The Morgan fingerprint density at radius 2 is 0.582 bits per heavy atom. The number of anilines is 6. The van der Waals surface area contributed by atoms with Gasteiger partial charge in [-0.25, -0.2) is 0 Å². The molecular formula is C106H68N2O2. The van der Waals surface area contributed by atoms with Crippen LogP contribution in [0.5, 0.6) is 0 Å². The van der Waals surface area contributed by atoms with Crippen molar-refractivity contribution in [3.63, 3.8) is 0 Å². The van der Waals surface area contributed by atoms with Gasteiger partial charge in [0.05, 0.1) is 17.1 Å². The van der Waals surface area contributed by atoms with Crippen molar-refractivity contribution in [1.29, 1.82) is 0 Å². The molecule has 0 atom stereocenters. The Balaban J connectivity index is 0.693. The first-order valence-electron chi connectivity index (χ1n) is 37.7. The molecule has 0 aliphatic heterocycles. The van der Waals surface area contributed by atoms with Crippen LogP contribution in [-0.4, -0.2) is 0 Å². The van der Waals surface area contributed by atoms with Gasteiger partial charge in [-0.15, -0.1) is 0 Å². The molecule has 4 nitrogen and oxygen atoms in total. The number of fused-ring (bicyclic) bond motifs is 13. The third-order valence-corrected chi connectivity index (χ3v) is 22.2. The van der Waals surface area contributed by atoms with Gasteiger partial charge in [0.1, 0.15) is 22.3 Å². The molecule has 2 heterocycles. The fourth-order valence-electron chi connectivity index (χ4n) is 17.0. The second kappa shape index (κ2) is 26.8. The van der Waals surface area contributed by atoms with E-state index in [1.165, 1.54) is 32.8 Å². The highest BCUT2D eigenvalue weighted by atomic mass is 16.3. The van der Waals surface area contributed by atoms with Gasteiger partial charge in [-0.3, -0.25) is 0 Å². The predicted molar refractivity (Wildman–Crippen MR) is 464 cm³/mol. The van der Waals surface area contributed by atoms with E-state index in [4.69, 9.17) is 8.83 Å². The number of nitrogens with zero attached hydrogens (tertiary/aromatic N) is 2. The van der Waals surface area contributed by atoms with Gasteiger partial charge >= 0.3 is 0 Å². The number of para-hydroxylation sites is 4. The van der Waals surface area contributed by atoms with Crippen molar-refractivity contribution < 1.29 is 8.83 Å². The van der Waals surface area contributed by atoms with Crippen LogP contribution in [0.25, 0.3) is 176 Å². The normalized spacial score (nSPS) is 11.6. The van der Waals surface area contributed by atoms with E-state index in [0.717, 1.165) is 177 Å². The topological polar surface area (TPSA) is 32.8 Å². The number of hydrogen-bond acceptors (Lipinski definition) is 4. The minimum absolute atomic E-state index is 0.835. The van der Waals surface area contributed by atoms with Gasteiger partial charge in [-0.2, -0.15) is 0 Å². The summed E-state index contributed by atoms with van der Waals surface area (Å²) in [6.07, 6.45) is 0. The summed E-state index contributed by atoms with van der Waals surface area (Å²) in [6.45, 7) is 0. The van der Waals surface area contributed by atoms with Gasteiger partial charge < -0.3 is 18.6 Å². The number of benzene rings is 19. The van der Waals surface area contributed by atoms with E-state index in [9.17, 15) is 0 Å². The maximum absolute atomic E-state index is 7.14. The predicted octanol–water partition coefficient (Wildman–Crippen LogP) is 30.4. The Bertz CT molecular complexity index is 7130. The monoisotopic (exact) mass is 1400 g/mol. The maximum Gasteiger partial charge on any atom is 0.143 e. The van der Waals surface area contributed by atoms with E-state index in [1.54, 1.807) is 0 Å². The summed E-state index contributed by atoms with van der Waals surface area (Å²) in [6, 6.07) is 150. The molecule has 0 aliphatic carbocycles. The molecular weight excluding hydrogens is 1330 g/mol. The molecule has 19 aromatic carbocycles. The highest BCUT2D eigenvalue weighted by molar-refractivity contribution is 6.23. The van der Waals surface area contributed by atoms with Crippen LogP contribution < -0.4 is 9.80 Å². The lowest BCUT2D eigenvalue weighted by Gasteiger charge is -2.30. The van der Waals surface area contributed by atoms with Crippen LogP contribution in [0.3, 0.4) is 0 Å². The van der Waals surface area contributed by atoms with Crippen molar-refractivity contribution in [2.75, 3.05) is 9.80 Å². The second-order valence-electron chi connectivity index (χ2n) is 28.6. The molecule has 0 saturated carbocycles. The minimum Gasteiger partial charge on any atom is -0.455 e. The highest BCUT2D eigenvalue weighted by Crippen LogP contribution is 2.51. The maximum atomic E-state index is 7.14. The first-order chi connectivity index (χ1) is 54.5. The molecule has 0 aliphatic rings. The van der Waals surface area contributed by atoms with Crippen molar-refractivity contribution >= 4 is 121 Å². The van der Waals surface area contributed by atoms with E-state index in [0.29, 0.717) is 0 Å². The standard InChI is InChI=1S/C106H68N2O2/c1-5-25-69(26-6-1)70-45-47-74(48-46-70)86-35-19-23-43-100(86)108(81-33-11-4-12-34-81)101-44-24-21-37-88(101)79-54-62-103-98(66-79)104-96(64-76-32-14-16-39-90(76)106(104)110-103)77-52-58-85-80(63-77)67-94(92-41-18-17-40-91(85)92)75-49-55-82(56-50-75)107(83-57-60-84(71-27-7-2-8-28-71)95(68-83)72-29-9-3-10-30-72)99-42-22-20-36-87(99)78-53-61-102-97(65-78)93-59-51-73-31-13-15-38-89(73)105(93)109-102/h1-68H. The summed E-state index contributed by atoms with van der Waals surface area (Å²) in [4.78, 5) is 4.86. The van der Waals surface area contributed by atoms with Gasteiger partial charge in [0.15, 0.2) is 0 Å². The third-order valence-electron chi connectivity index (χ3n) is 22.2. The molecule has 0 unspecified atom stereocenters. The van der Waals surface area contributed by atoms with Crippen LogP contribution in [0.15, 0.2) is 421 Å². The zero-order valence-electron chi connectivity index (χ0n) is 60.0. The summed E-state index contributed by atoms with van der Waals surface area (Å²) < 4.78 is 13.8. The Labute approximate surface area is 637 Å². The molecule has 0 bridgehead atoms. The quantitative estimate of drug-likeness (QED) is 0.102. The SMILES string of the molecule is c1ccc(-c2ccc(-c3ccccc3N(c3ccccc3)c3ccccc3-c3ccc4oc5c6ccccc6cc(-c6ccc7c(c6)cc(-c6ccc(N(c8ccc(-c9ccccc9)c(-c9ccccc9)c8)c8ccccc8-c8ccc9oc%10c%11ccccc%11ccc%10c9c8)cc6)c6ccccc67)c5c4c3)cc2)cc1. The van der Waals surface area contributed by atoms with Crippen LogP contribution in [0.2, 0.25) is 0 Å². The highest BCUT2D eigenvalue weighted by Gasteiger charge is 2.26. The van der Waals surface area contributed by atoms with E-state index < -0.39 is 0 Å². The van der Waals surface area contributed by atoms with E-state index >= 15 is 0 Å². The molecule has 110 heavy (non-hydrogen) atoms. The Kier molecular flexibility index (Phi) is 15.5. The molecule has 0 radical (unpaired) electrons. The molecule has 21 rings (SSSR count). The van der Waals surface area contributed by atoms with E-state index in [2.05, 4.69) is 422 Å². The second-order valence-corrected chi connectivity index (χ2v) is 28.6. The zero-order chi connectivity index (χ0) is 72.6. The van der Waals surface area contributed by atoms with Crippen molar-refractivity contribution in [2.24, 2.45) is 0 Å². The minimum atomic E-state index is 0.835. The van der Waals surface area contributed by atoms with Crippen molar-refractivity contribution in [3.8, 4) is 89.0 Å². The van der Waals surface area contributed by atoms with Gasteiger partial charge in [0, 0.05) is 66.1 Å². The first kappa shape index (κ1) is 63.9. The molecule has 0 spiro atoms. The van der Waals surface area contributed by atoms with Crippen LogP contribution in [-0.2, 0) is 0 Å². The van der Waals surface area contributed by atoms with Crippen molar-refractivity contribution in [1.82, 2.24) is 0 Å². The summed E-state index contributed by atoms with van der Waals surface area (Å²) in [5.41, 5.74) is 28.0. The molecule has 0 saturated heterocycles. The van der Waals surface area contributed by atoms with Gasteiger partial charge in [-0.1, -0.05) is 309 Å². The lowest BCUT2D eigenvalue weighted by atomic mass is 9.90. The molecule has 0 amide bonds. The average molecular weight is 1400 g/mol. The summed E-state index contributed by atoms with van der Waals surface area (Å²) in [5, 5.41) is 13.5. The molecule has 514 valence electrons. The fourth-order valence-corrected chi connectivity index (χ4v) is 17.0. The number of furan rings is 2. The van der Waals surface area contributed by atoms with Gasteiger partial charge in [0.25, 0.3) is 0 Å². The summed E-state index contributed by atoms with van der Waals surface area (Å²) in [7, 11) is 0. The van der Waals surface area contributed by atoms with Crippen LogP contribution in [0, 0.1) is 0 Å². The fraction of sp³-hybridized carbons (Fsp3) is 0. The Hall–Kier alpha value is -14.6. The van der Waals surface area contributed by atoms with Crippen LogP contribution >= 0.6 is 0 Å².